The van der Waals surface area contributed by atoms with Crippen molar-refractivity contribution in [2.75, 3.05) is 30.8 Å². The molecule has 2 amide bonds. The van der Waals surface area contributed by atoms with E-state index in [9.17, 15) is 14.7 Å². The van der Waals surface area contributed by atoms with Crippen LogP contribution in [0.4, 0.5) is 11.4 Å². The van der Waals surface area contributed by atoms with E-state index in [2.05, 4.69) is 10.6 Å². The number of fused-ring (bicyclic) bond motifs is 1. The molecular formula is C30H37N3O6. The summed E-state index contributed by atoms with van der Waals surface area (Å²) in [6, 6.07) is 14.9. The van der Waals surface area contributed by atoms with Crippen molar-refractivity contribution in [3.05, 3.63) is 72.2 Å². The van der Waals surface area contributed by atoms with Crippen molar-refractivity contribution in [3.63, 3.8) is 0 Å². The third-order valence-corrected chi connectivity index (χ3v) is 6.86. The van der Waals surface area contributed by atoms with Crippen LogP contribution in [0.15, 0.2) is 71.0 Å². The summed E-state index contributed by atoms with van der Waals surface area (Å²) in [6.45, 7) is 2.76. The third kappa shape index (κ3) is 7.19. The van der Waals surface area contributed by atoms with E-state index in [1.807, 2.05) is 49.4 Å². The number of aliphatic hydroxyl groups is 1. The van der Waals surface area contributed by atoms with E-state index in [0.29, 0.717) is 56.6 Å². The average molecular weight is 536 g/mol. The van der Waals surface area contributed by atoms with E-state index >= 15 is 0 Å². The Balaban J connectivity index is 1.39. The number of nitrogens with one attached hydrogen (secondary N) is 2. The van der Waals surface area contributed by atoms with Gasteiger partial charge in [0.1, 0.15) is 5.58 Å². The molecule has 3 aromatic rings. The molecule has 1 aliphatic rings. The minimum absolute atomic E-state index is 0.0576. The van der Waals surface area contributed by atoms with Crippen LogP contribution in [0.5, 0.6) is 0 Å². The smallest absolute Gasteiger partial charge is 0.286 e. The predicted molar refractivity (Wildman–Crippen MR) is 150 cm³/mol. The van der Waals surface area contributed by atoms with Crippen LogP contribution < -0.4 is 16.4 Å². The van der Waals surface area contributed by atoms with Gasteiger partial charge in [-0.3, -0.25) is 9.59 Å². The van der Waals surface area contributed by atoms with Gasteiger partial charge in [0.2, 0.25) is 12.2 Å². The van der Waals surface area contributed by atoms with E-state index < -0.39 is 6.29 Å². The van der Waals surface area contributed by atoms with E-state index in [1.54, 1.807) is 18.4 Å². The van der Waals surface area contributed by atoms with E-state index in [-0.39, 0.29) is 36.0 Å². The summed E-state index contributed by atoms with van der Waals surface area (Å²) < 4.78 is 17.8. The molecule has 0 unspecified atom stereocenters. The van der Waals surface area contributed by atoms with E-state index in [1.165, 1.54) is 0 Å². The van der Waals surface area contributed by atoms with Gasteiger partial charge in [-0.05, 0) is 56.9 Å². The number of hydrogen-bond acceptors (Lipinski definition) is 7. The lowest BCUT2D eigenvalue weighted by molar-refractivity contribution is -0.166. The number of carbonyl (C=O) groups is 2. The van der Waals surface area contributed by atoms with E-state index in [4.69, 9.17) is 19.6 Å². The molecule has 0 bridgehead atoms. The van der Waals surface area contributed by atoms with Crippen LogP contribution in [-0.4, -0.2) is 43.0 Å². The maximum atomic E-state index is 13.1. The molecule has 4 rings (SSSR count). The maximum Gasteiger partial charge on any atom is 0.286 e. The molecular weight excluding hydrogens is 498 g/mol. The first-order valence-corrected chi connectivity index (χ1v) is 13.5. The van der Waals surface area contributed by atoms with Crippen molar-refractivity contribution < 1.29 is 28.6 Å². The fourth-order valence-electron chi connectivity index (χ4n) is 4.90. The molecule has 9 nitrogen and oxygen atoms in total. The van der Waals surface area contributed by atoms with Crippen molar-refractivity contribution in [3.8, 4) is 0 Å². The number of hydrogen-bond donors (Lipinski definition) is 4. The van der Waals surface area contributed by atoms with Gasteiger partial charge in [0, 0.05) is 49.0 Å². The largest absolute Gasteiger partial charge is 0.464 e. The topological polar surface area (TPSA) is 136 Å². The Morgan fingerprint density at radius 2 is 1.87 bits per heavy atom. The van der Waals surface area contributed by atoms with Gasteiger partial charge < -0.3 is 35.4 Å². The minimum atomic E-state index is -0.639. The van der Waals surface area contributed by atoms with Gasteiger partial charge in [0.25, 0.3) is 5.91 Å². The number of para-hydroxylation sites is 3. The number of furan rings is 1. The Labute approximate surface area is 228 Å². The molecule has 0 fully saturated rings. The third-order valence-electron chi connectivity index (χ3n) is 6.86. The van der Waals surface area contributed by atoms with Crippen LogP contribution >= 0.6 is 0 Å². The molecule has 2 heterocycles. The van der Waals surface area contributed by atoms with Crippen molar-refractivity contribution in [1.29, 1.82) is 0 Å². The average Bonchev–Trinajstić information content (AvgIpc) is 3.37. The van der Waals surface area contributed by atoms with Gasteiger partial charge in [-0.1, -0.05) is 30.3 Å². The molecule has 0 saturated carbocycles. The second-order valence-electron chi connectivity index (χ2n) is 9.56. The Morgan fingerprint density at radius 3 is 2.67 bits per heavy atom. The number of aliphatic hydroxyl groups excluding tert-OH is 1. The quantitative estimate of drug-likeness (QED) is 0.184. The summed E-state index contributed by atoms with van der Waals surface area (Å²) in [6.07, 6.45) is 5.72. The fraction of sp³-hybridized carbons (Fsp3) is 0.400. The standard InChI is InChI=1S/C30H37N3O6/c1-2-37-30-21(11-9-17-34)22(23-19-38-26-14-6-3-10-20(23)26)18-27(39-30)29(36)32-16-8-7-15-28(35)33-25-13-5-4-12-24(25)31/h3-6,10,12-14,18-19,21-22,30,34H,2,7-9,11,15-17,31H2,1H3,(H,32,36)(H,33,35)/t21-,22-,30+/m1/s1. The molecule has 39 heavy (non-hydrogen) atoms. The van der Waals surface area contributed by atoms with Gasteiger partial charge >= 0.3 is 0 Å². The van der Waals surface area contributed by atoms with Gasteiger partial charge in [0.05, 0.1) is 17.6 Å². The Morgan fingerprint density at radius 1 is 1.08 bits per heavy atom. The van der Waals surface area contributed by atoms with Crippen molar-refractivity contribution >= 4 is 34.2 Å². The molecule has 1 aliphatic heterocycles. The van der Waals surface area contributed by atoms with Crippen molar-refractivity contribution in [2.45, 2.75) is 51.2 Å². The zero-order valence-electron chi connectivity index (χ0n) is 22.2. The number of allylic oxidation sites excluding steroid dienone is 1. The van der Waals surface area contributed by atoms with Crippen LogP contribution in [0.3, 0.4) is 0 Å². The first-order valence-electron chi connectivity index (χ1n) is 13.5. The second-order valence-corrected chi connectivity index (χ2v) is 9.56. The fourth-order valence-corrected chi connectivity index (χ4v) is 4.90. The highest BCUT2D eigenvalue weighted by Gasteiger charge is 2.39. The number of unbranched alkanes of at least 4 members (excludes halogenated alkanes) is 1. The maximum absolute atomic E-state index is 13.1. The van der Waals surface area contributed by atoms with Crippen LogP contribution in [-0.2, 0) is 19.1 Å². The van der Waals surface area contributed by atoms with Crippen molar-refractivity contribution in [2.24, 2.45) is 5.92 Å². The highest BCUT2D eigenvalue weighted by atomic mass is 16.7. The zero-order valence-corrected chi connectivity index (χ0v) is 22.2. The number of anilines is 2. The number of nitrogen functional groups attached to an aromatic ring is 1. The number of benzene rings is 2. The summed E-state index contributed by atoms with van der Waals surface area (Å²) in [7, 11) is 0. The number of amides is 2. The first kappa shape index (κ1) is 28.2. The Hall–Kier alpha value is -3.82. The number of rotatable bonds is 13. The lowest BCUT2D eigenvalue weighted by atomic mass is 9.80. The monoisotopic (exact) mass is 535 g/mol. The molecule has 3 atom stereocenters. The van der Waals surface area contributed by atoms with Gasteiger partial charge in [-0.25, -0.2) is 0 Å². The van der Waals surface area contributed by atoms with Crippen LogP contribution in [0.1, 0.15) is 50.5 Å². The highest BCUT2D eigenvalue weighted by Crippen LogP contribution is 2.42. The van der Waals surface area contributed by atoms with Crippen LogP contribution in [0.25, 0.3) is 11.0 Å². The molecule has 0 saturated heterocycles. The predicted octanol–water partition coefficient (Wildman–Crippen LogP) is 4.69. The molecule has 9 heteroatoms. The summed E-state index contributed by atoms with van der Waals surface area (Å²) in [4.78, 5) is 25.3. The van der Waals surface area contributed by atoms with Gasteiger partial charge in [-0.15, -0.1) is 0 Å². The Kier molecular flexibility index (Phi) is 9.99. The van der Waals surface area contributed by atoms with E-state index in [0.717, 1.165) is 16.5 Å². The lowest BCUT2D eigenvalue weighted by Crippen LogP contribution is -2.39. The molecule has 0 aliphatic carbocycles. The van der Waals surface area contributed by atoms with Gasteiger partial charge in [0.15, 0.2) is 5.76 Å². The second kappa shape index (κ2) is 13.8. The molecule has 0 spiro atoms. The van der Waals surface area contributed by atoms with Gasteiger partial charge in [-0.2, -0.15) is 0 Å². The van der Waals surface area contributed by atoms with Crippen molar-refractivity contribution in [1.82, 2.24) is 5.32 Å². The first-order chi connectivity index (χ1) is 19.0. The lowest BCUT2D eigenvalue weighted by Gasteiger charge is -2.36. The number of carbonyl (C=O) groups excluding carboxylic acids is 2. The highest BCUT2D eigenvalue weighted by molar-refractivity contribution is 5.94. The number of ether oxygens (including phenoxy) is 2. The summed E-state index contributed by atoms with van der Waals surface area (Å²) in [5.74, 6) is -0.561. The molecule has 0 radical (unpaired) electrons. The van der Waals surface area contributed by atoms with Crippen LogP contribution in [0.2, 0.25) is 0 Å². The molecule has 2 aromatic carbocycles. The molecule has 5 N–H and O–H groups in total. The molecule has 1 aromatic heterocycles. The summed E-state index contributed by atoms with van der Waals surface area (Å²) >= 11 is 0. The number of nitrogens with two attached hydrogens (primary N) is 1. The normalized spacial score (nSPS) is 18.8. The Bertz CT molecular complexity index is 1290. The summed E-state index contributed by atoms with van der Waals surface area (Å²) in [5, 5.41) is 16.2. The SMILES string of the molecule is CCO[C@H]1OC(C(=O)NCCCCC(=O)Nc2ccccc2N)=C[C@@H](c2coc3ccccc23)[C@H]1CCCO. The molecule has 208 valence electrons. The zero-order chi connectivity index (χ0) is 27.6. The minimum Gasteiger partial charge on any atom is -0.464 e. The summed E-state index contributed by atoms with van der Waals surface area (Å²) in [5.41, 5.74) is 8.71. The van der Waals surface area contributed by atoms with Crippen LogP contribution in [0, 0.1) is 5.92 Å².